The molecule has 46 heavy (non-hydrogen) atoms. The topological polar surface area (TPSA) is 135 Å². The molecule has 240 valence electrons. The van der Waals surface area contributed by atoms with Gasteiger partial charge in [0.05, 0.1) is 23.5 Å². The van der Waals surface area contributed by atoms with Crippen molar-refractivity contribution in [1.82, 2.24) is 20.2 Å². The maximum Gasteiger partial charge on any atom is 0.261 e. The van der Waals surface area contributed by atoms with E-state index in [0.29, 0.717) is 45.7 Å². The molecule has 1 saturated carbocycles. The molecule has 0 spiro atoms. The van der Waals surface area contributed by atoms with Crippen LogP contribution in [0.3, 0.4) is 0 Å². The minimum Gasteiger partial charge on any atom is -0.435 e. The summed E-state index contributed by atoms with van der Waals surface area (Å²) in [4.78, 5) is 50.7. The largest absolute Gasteiger partial charge is 0.435 e. The number of aryl methyl sites for hydroxylation is 1. The molecular formula is C32H32F2N6O5S. The highest BCUT2D eigenvalue weighted by molar-refractivity contribution is 7.20. The number of hydrogen-bond donors (Lipinski definition) is 3. The van der Waals surface area contributed by atoms with Crippen LogP contribution in [-0.4, -0.2) is 72.0 Å². The van der Waals surface area contributed by atoms with Crippen molar-refractivity contribution in [3.63, 3.8) is 0 Å². The van der Waals surface area contributed by atoms with Gasteiger partial charge in [0.25, 0.3) is 5.91 Å². The van der Waals surface area contributed by atoms with Crippen LogP contribution in [0.1, 0.15) is 34.5 Å². The van der Waals surface area contributed by atoms with Crippen molar-refractivity contribution >= 4 is 50.6 Å². The molecule has 1 aliphatic heterocycles. The summed E-state index contributed by atoms with van der Waals surface area (Å²) in [7, 11) is 0. The van der Waals surface area contributed by atoms with Crippen LogP contribution >= 0.6 is 11.3 Å². The number of nitrogens with one attached hydrogen (secondary N) is 3. The minimum atomic E-state index is -1.30. The minimum absolute atomic E-state index is 0.0928. The Kier molecular flexibility index (Phi) is 9.20. The summed E-state index contributed by atoms with van der Waals surface area (Å²) < 4.78 is 39.6. The number of anilines is 2. The molecule has 14 heteroatoms. The molecule has 2 fully saturated rings. The molecule has 4 aromatic rings. The van der Waals surface area contributed by atoms with Crippen LogP contribution in [0.4, 0.5) is 20.2 Å². The van der Waals surface area contributed by atoms with E-state index in [1.54, 1.807) is 6.92 Å². The number of ether oxygens (including phenoxy) is 2. The van der Waals surface area contributed by atoms with Gasteiger partial charge in [0.15, 0.2) is 11.6 Å². The summed E-state index contributed by atoms with van der Waals surface area (Å²) in [5, 5.41) is 8.72. The van der Waals surface area contributed by atoms with Gasteiger partial charge in [-0.2, -0.15) is 0 Å². The molecule has 2 aliphatic rings. The number of hydrogen-bond acceptors (Lipinski definition) is 9. The molecule has 3 heterocycles. The normalized spacial score (nSPS) is 15.7. The molecule has 3 N–H and O–H groups in total. The summed E-state index contributed by atoms with van der Waals surface area (Å²) in [6, 6.07) is 9.12. The summed E-state index contributed by atoms with van der Waals surface area (Å²) in [5.41, 5.74) is -0.164. The van der Waals surface area contributed by atoms with Crippen molar-refractivity contribution < 1.29 is 32.6 Å². The van der Waals surface area contributed by atoms with Gasteiger partial charge in [0.2, 0.25) is 17.7 Å². The number of aromatic nitrogens is 2. The Hall–Kier alpha value is -4.53. The van der Waals surface area contributed by atoms with E-state index in [2.05, 4.69) is 30.8 Å². The average molecular weight is 651 g/mol. The average Bonchev–Trinajstić information content (AvgIpc) is 3.80. The van der Waals surface area contributed by atoms with Crippen molar-refractivity contribution in [2.24, 2.45) is 5.41 Å². The zero-order valence-corrected chi connectivity index (χ0v) is 25.8. The van der Waals surface area contributed by atoms with Crippen LogP contribution in [0, 0.1) is 24.0 Å². The lowest BCUT2D eigenvalue weighted by Gasteiger charge is -2.26. The first kappa shape index (κ1) is 31.5. The Bertz CT molecular complexity index is 1770. The number of rotatable bonds is 11. The van der Waals surface area contributed by atoms with E-state index in [4.69, 9.17) is 9.47 Å². The second-order valence-corrected chi connectivity index (χ2v) is 12.2. The Morgan fingerprint density at radius 1 is 1.00 bits per heavy atom. The van der Waals surface area contributed by atoms with E-state index in [9.17, 15) is 18.8 Å². The summed E-state index contributed by atoms with van der Waals surface area (Å²) in [5.74, 6) is -2.58. The Morgan fingerprint density at radius 2 is 1.70 bits per heavy atom. The number of nitrogens with zero attached hydrogens (tertiary/aromatic N) is 3. The highest BCUT2D eigenvalue weighted by Crippen LogP contribution is 2.47. The molecule has 11 nitrogen and oxygen atoms in total. The quantitative estimate of drug-likeness (QED) is 0.155. The van der Waals surface area contributed by atoms with Gasteiger partial charge in [-0.1, -0.05) is 0 Å². The van der Waals surface area contributed by atoms with E-state index < -0.39 is 28.9 Å². The third-order valence-corrected chi connectivity index (χ3v) is 9.25. The number of fused-ring (bicyclic) bond motifs is 1. The Labute approximate surface area is 267 Å². The lowest BCUT2D eigenvalue weighted by molar-refractivity contribution is -0.131. The maximum atomic E-state index is 15.2. The summed E-state index contributed by atoms with van der Waals surface area (Å²) >= 11 is 1.21. The van der Waals surface area contributed by atoms with E-state index >= 15 is 4.39 Å². The molecule has 0 unspecified atom stereocenters. The number of benzene rings is 2. The molecule has 3 amide bonds. The van der Waals surface area contributed by atoms with E-state index in [0.717, 1.165) is 45.3 Å². The SMILES string of the molecule is Cc1c(C(=O)NCCCN2CCOCC2)sc2ncnc(Oc3ccc(NC(=O)C4(C(=O)Nc5ccc(F)cc5)CC4)cc3F)c12. The van der Waals surface area contributed by atoms with Gasteiger partial charge in [0.1, 0.15) is 22.4 Å². The fourth-order valence-electron chi connectivity index (χ4n) is 5.23. The first-order valence-electron chi connectivity index (χ1n) is 14.9. The van der Waals surface area contributed by atoms with Gasteiger partial charge in [0, 0.05) is 37.1 Å². The molecule has 1 saturated heterocycles. The van der Waals surface area contributed by atoms with Crippen LogP contribution in [0.15, 0.2) is 48.8 Å². The number of carbonyl (C=O) groups excluding carboxylic acids is 3. The highest BCUT2D eigenvalue weighted by Gasteiger charge is 2.56. The van der Waals surface area contributed by atoms with E-state index in [1.807, 2.05) is 0 Å². The van der Waals surface area contributed by atoms with E-state index in [1.165, 1.54) is 54.1 Å². The van der Waals surface area contributed by atoms with Crippen LogP contribution in [-0.2, 0) is 14.3 Å². The Morgan fingerprint density at radius 3 is 2.39 bits per heavy atom. The van der Waals surface area contributed by atoms with Crippen molar-refractivity contribution in [3.8, 4) is 11.6 Å². The van der Waals surface area contributed by atoms with Gasteiger partial charge < -0.3 is 25.4 Å². The molecule has 0 radical (unpaired) electrons. The predicted octanol–water partition coefficient (Wildman–Crippen LogP) is 4.88. The van der Waals surface area contributed by atoms with Crippen molar-refractivity contribution in [3.05, 3.63) is 70.9 Å². The molecule has 0 atom stereocenters. The smallest absolute Gasteiger partial charge is 0.261 e. The van der Waals surface area contributed by atoms with Gasteiger partial charge >= 0.3 is 0 Å². The van der Waals surface area contributed by atoms with E-state index in [-0.39, 0.29) is 23.2 Å². The van der Waals surface area contributed by atoms with Gasteiger partial charge in [-0.05, 0) is 74.7 Å². The Balaban J connectivity index is 1.09. The zero-order chi connectivity index (χ0) is 32.3. The summed E-state index contributed by atoms with van der Waals surface area (Å²) in [6.45, 7) is 6.40. The fraction of sp³-hybridized carbons (Fsp3) is 0.344. The lowest BCUT2D eigenvalue weighted by atomic mass is 10.0. The monoisotopic (exact) mass is 650 g/mol. The van der Waals surface area contributed by atoms with Crippen molar-refractivity contribution in [1.29, 1.82) is 0 Å². The molecular weight excluding hydrogens is 618 g/mol. The second kappa shape index (κ2) is 13.4. The van der Waals surface area contributed by atoms with Crippen LogP contribution in [0.25, 0.3) is 10.2 Å². The lowest BCUT2D eigenvalue weighted by Crippen LogP contribution is -2.38. The fourth-order valence-corrected chi connectivity index (χ4v) is 6.28. The molecule has 1 aliphatic carbocycles. The highest BCUT2D eigenvalue weighted by atomic mass is 32.1. The van der Waals surface area contributed by atoms with Gasteiger partial charge in [-0.15, -0.1) is 11.3 Å². The third-order valence-electron chi connectivity index (χ3n) is 8.06. The number of carbonyl (C=O) groups is 3. The molecule has 6 rings (SSSR count). The number of halogens is 2. The molecule has 0 bridgehead atoms. The number of amides is 3. The summed E-state index contributed by atoms with van der Waals surface area (Å²) in [6.07, 6.45) is 2.75. The maximum absolute atomic E-state index is 15.2. The second-order valence-electron chi connectivity index (χ2n) is 11.2. The van der Waals surface area contributed by atoms with Crippen molar-refractivity contribution in [2.45, 2.75) is 26.2 Å². The van der Waals surface area contributed by atoms with Gasteiger partial charge in [-0.25, -0.2) is 18.7 Å². The van der Waals surface area contributed by atoms with Crippen LogP contribution in [0.5, 0.6) is 11.6 Å². The molecule has 2 aromatic heterocycles. The first-order chi connectivity index (χ1) is 22.2. The predicted molar refractivity (Wildman–Crippen MR) is 168 cm³/mol. The zero-order valence-electron chi connectivity index (χ0n) is 25.0. The number of thiophene rings is 1. The number of morpholine rings is 1. The van der Waals surface area contributed by atoms with Crippen molar-refractivity contribution in [2.75, 3.05) is 50.0 Å². The standard InChI is InChI=1S/C32H32F2N6O5S/c1-19-25-28(36-18-37-29(25)46-26(19)27(41)35-11-2-12-40-13-15-44-16-14-40)45-24-8-7-22(17-23(24)34)39-31(43)32(9-10-32)30(42)38-21-5-3-20(33)4-6-21/h3-8,17-18H,2,9-16H2,1H3,(H,35,41)(H,38,42)(H,39,43). The van der Waals surface area contributed by atoms with Gasteiger partial charge in [-0.3, -0.25) is 19.3 Å². The molecule has 2 aromatic carbocycles. The third kappa shape index (κ3) is 6.83. The first-order valence-corrected chi connectivity index (χ1v) is 15.7. The van der Waals surface area contributed by atoms with Crippen LogP contribution in [0.2, 0.25) is 0 Å². The van der Waals surface area contributed by atoms with Crippen LogP contribution < -0.4 is 20.7 Å².